The molecule has 1 saturated heterocycles. The second-order valence-electron chi connectivity index (χ2n) is 4.71. The largest absolute Gasteiger partial charge is 0.497 e. The van der Waals surface area contributed by atoms with Crippen LogP contribution in [-0.2, 0) is 6.54 Å². The molecule has 0 unspecified atom stereocenters. The first-order valence-corrected chi connectivity index (χ1v) is 6.34. The van der Waals surface area contributed by atoms with Crippen molar-refractivity contribution in [2.45, 2.75) is 25.5 Å². The van der Waals surface area contributed by atoms with Crippen LogP contribution in [0, 0.1) is 0 Å². The van der Waals surface area contributed by atoms with Crippen LogP contribution in [0.25, 0.3) is 0 Å². The van der Waals surface area contributed by atoms with E-state index in [0.717, 1.165) is 49.5 Å². The molecule has 1 aromatic rings. The minimum Gasteiger partial charge on any atom is -0.497 e. The molecule has 100 valence electrons. The van der Waals surface area contributed by atoms with Crippen molar-refractivity contribution in [1.82, 2.24) is 4.90 Å². The van der Waals surface area contributed by atoms with E-state index in [9.17, 15) is 5.11 Å². The van der Waals surface area contributed by atoms with E-state index >= 15 is 0 Å². The van der Waals surface area contributed by atoms with Gasteiger partial charge >= 0.3 is 0 Å². The Balaban J connectivity index is 2.08. The molecule has 1 fully saturated rings. The van der Waals surface area contributed by atoms with Gasteiger partial charge in [-0.2, -0.15) is 0 Å². The van der Waals surface area contributed by atoms with Crippen molar-refractivity contribution < 1.29 is 14.6 Å². The van der Waals surface area contributed by atoms with E-state index in [4.69, 9.17) is 9.47 Å². The Morgan fingerprint density at radius 3 is 2.83 bits per heavy atom. The van der Waals surface area contributed by atoms with Gasteiger partial charge in [0.1, 0.15) is 11.5 Å². The SMILES string of the molecule is COc1ccc(CN2CCC[C@H](O)C2)c(OC)c1. The first-order chi connectivity index (χ1) is 8.72. The molecule has 0 spiro atoms. The predicted molar refractivity (Wildman–Crippen MR) is 70.1 cm³/mol. The Bertz CT molecular complexity index is 395. The van der Waals surface area contributed by atoms with Crippen LogP contribution in [0.3, 0.4) is 0 Å². The highest BCUT2D eigenvalue weighted by atomic mass is 16.5. The van der Waals surface area contributed by atoms with Crippen LogP contribution >= 0.6 is 0 Å². The molecule has 0 amide bonds. The third-order valence-electron chi connectivity index (χ3n) is 3.37. The standard InChI is InChI=1S/C14H21NO3/c1-17-13-6-5-11(14(8-13)18-2)9-15-7-3-4-12(16)10-15/h5-6,8,12,16H,3-4,7,9-10H2,1-2H3/t12-/m0/s1. The zero-order valence-corrected chi connectivity index (χ0v) is 11.1. The number of β-amino-alcohol motifs (C(OH)–C–C–N with tert-alkyl or cyclic N) is 1. The van der Waals surface area contributed by atoms with Gasteiger partial charge in [0.2, 0.25) is 0 Å². The number of benzene rings is 1. The quantitative estimate of drug-likeness (QED) is 0.883. The molecule has 1 aromatic carbocycles. The summed E-state index contributed by atoms with van der Waals surface area (Å²) in [7, 11) is 3.32. The maximum atomic E-state index is 9.67. The van der Waals surface area contributed by atoms with Gasteiger partial charge in [-0.3, -0.25) is 4.90 Å². The van der Waals surface area contributed by atoms with Crippen LogP contribution in [0.2, 0.25) is 0 Å². The molecular formula is C14H21NO3. The van der Waals surface area contributed by atoms with Crippen molar-refractivity contribution in [3.63, 3.8) is 0 Å². The van der Waals surface area contributed by atoms with Gasteiger partial charge in [0.15, 0.2) is 0 Å². The van der Waals surface area contributed by atoms with Crippen LogP contribution in [0.1, 0.15) is 18.4 Å². The molecule has 0 bridgehead atoms. The summed E-state index contributed by atoms with van der Waals surface area (Å²) in [6.07, 6.45) is 1.78. The van der Waals surface area contributed by atoms with Gasteiger partial charge in [-0.05, 0) is 25.5 Å². The summed E-state index contributed by atoms with van der Waals surface area (Å²) in [5.74, 6) is 1.64. The number of hydrogen-bond acceptors (Lipinski definition) is 4. The van der Waals surface area contributed by atoms with E-state index in [2.05, 4.69) is 4.90 Å². The summed E-state index contributed by atoms with van der Waals surface area (Å²) in [6, 6.07) is 5.87. The molecule has 18 heavy (non-hydrogen) atoms. The van der Waals surface area contributed by atoms with Gasteiger partial charge in [-0.1, -0.05) is 6.07 Å². The van der Waals surface area contributed by atoms with Gasteiger partial charge in [-0.25, -0.2) is 0 Å². The third kappa shape index (κ3) is 3.15. The van der Waals surface area contributed by atoms with Crippen LogP contribution in [0.4, 0.5) is 0 Å². The Hall–Kier alpha value is -1.26. The summed E-state index contributed by atoms with van der Waals surface area (Å²) in [6.45, 7) is 2.59. The van der Waals surface area contributed by atoms with Crippen LogP contribution in [-0.4, -0.2) is 43.4 Å². The number of aliphatic hydroxyl groups excluding tert-OH is 1. The number of rotatable bonds is 4. The molecule has 0 aliphatic carbocycles. The van der Waals surface area contributed by atoms with Crippen molar-refractivity contribution in [3.8, 4) is 11.5 Å². The topological polar surface area (TPSA) is 41.9 Å². The zero-order valence-electron chi connectivity index (χ0n) is 11.1. The van der Waals surface area contributed by atoms with Crippen LogP contribution < -0.4 is 9.47 Å². The molecule has 2 rings (SSSR count). The summed E-state index contributed by atoms with van der Waals surface area (Å²) >= 11 is 0. The van der Waals surface area contributed by atoms with E-state index in [1.807, 2.05) is 18.2 Å². The number of ether oxygens (including phenoxy) is 2. The normalized spacial score (nSPS) is 20.7. The fourth-order valence-corrected chi connectivity index (χ4v) is 2.40. The fourth-order valence-electron chi connectivity index (χ4n) is 2.40. The Kier molecular flexibility index (Phi) is 4.44. The van der Waals surface area contributed by atoms with Crippen molar-refractivity contribution in [2.24, 2.45) is 0 Å². The highest BCUT2D eigenvalue weighted by molar-refractivity contribution is 5.40. The number of likely N-dealkylation sites (tertiary alicyclic amines) is 1. The fraction of sp³-hybridized carbons (Fsp3) is 0.571. The lowest BCUT2D eigenvalue weighted by atomic mass is 10.1. The molecule has 1 N–H and O–H groups in total. The lowest BCUT2D eigenvalue weighted by molar-refractivity contribution is 0.0664. The summed E-state index contributed by atoms with van der Waals surface area (Å²) < 4.78 is 10.6. The van der Waals surface area contributed by atoms with E-state index in [0.29, 0.717) is 0 Å². The van der Waals surface area contributed by atoms with E-state index in [-0.39, 0.29) is 6.10 Å². The molecular weight excluding hydrogens is 230 g/mol. The van der Waals surface area contributed by atoms with Crippen molar-refractivity contribution in [1.29, 1.82) is 0 Å². The van der Waals surface area contributed by atoms with E-state index in [1.165, 1.54) is 0 Å². The molecule has 0 aromatic heterocycles. The molecule has 1 aliphatic heterocycles. The van der Waals surface area contributed by atoms with E-state index < -0.39 is 0 Å². The summed E-state index contributed by atoms with van der Waals surface area (Å²) in [5.41, 5.74) is 1.13. The molecule has 4 heteroatoms. The molecule has 1 atom stereocenters. The Labute approximate surface area is 108 Å². The number of hydrogen-bond donors (Lipinski definition) is 1. The van der Waals surface area contributed by atoms with Gasteiger partial charge in [0.05, 0.1) is 20.3 Å². The maximum absolute atomic E-state index is 9.67. The molecule has 1 aliphatic rings. The highest BCUT2D eigenvalue weighted by Gasteiger charge is 2.18. The smallest absolute Gasteiger partial charge is 0.127 e. The Morgan fingerprint density at radius 2 is 2.17 bits per heavy atom. The van der Waals surface area contributed by atoms with Crippen molar-refractivity contribution in [3.05, 3.63) is 23.8 Å². The lowest BCUT2D eigenvalue weighted by Crippen LogP contribution is -2.37. The van der Waals surface area contributed by atoms with Gasteiger partial charge in [0, 0.05) is 24.7 Å². The number of aliphatic hydroxyl groups is 1. The van der Waals surface area contributed by atoms with Crippen molar-refractivity contribution in [2.75, 3.05) is 27.3 Å². The lowest BCUT2D eigenvalue weighted by Gasteiger charge is -2.30. The summed E-state index contributed by atoms with van der Waals surface area (Å²) in [5, 5.41) is 9.67. The van der Waals surface area contributed by atoms with Gasteiger partial charge in [0.25, 0.3) is 0 Å². The molecule has 0 saturated carbocycles. The first-order valence-electron chi connectivity index (χ1n) is 6.34. The Morgan fingerprint density at radius 1 is 1.33 bits per heavy atom. The minimum atomic E-state index is -0.192. The van der Waals surface area contributed by atoms with Crippen molar-refractivity contribution >= 4 is 0 Å². The zero-order chi connectivity index (χ0) is 13.0. The maximum Gasteiger partial charge on any atom is 0.127 e. The molecule has 4 nitrogen and oxygen atoms in total. The first kappa shape index (κ1) is 13.2. The second-order valence-corrected chi connectivity index (χ2v) is 4.71. The van der Waals surface area contributed by atoms with Gasteiger partial charge < -0.3 is 14.6 Å². The second kappa shape index (κ2) is 6.07. The number of piperidine rings is 1. The predicted octanol–water partition coefficient (Wildman–Crippen LogP) is 1.66. The highest BCUT2D eigenvalue weighted by Crippen LogP contribution is 2.26. The average Bonchev–Trinajstić information content (AvgIpc) is 2.39. The third-order valence-corrected chi connectivity index (χ3v) is 3.37. The van der Waals surface area contributed by atoms with Crippen LogP contribution in [0.5, 0.6) is 11.5 Å². The number of nitrogens with zero attached hydrogens (tertiary/aromatic N) is 1. The minimum absolute atomic E-state index is 0.192. The van der Waals surface area contributed by atoms with E-state index in [1.54, 1.807) is 14.2 Å². The summed E-state index contributed by atoms with van der Waals surface area (Å²) in [4.78, 5) is 2.26. The monoisotopic (exact) mass is 251 g/mol. The van der Waals surface area contributed by atoms with Crippen LogP contribution in [0.15, 0.2) is 18.2 Å². The molecule has 1 heterocycles. The average molecular weight is 251 g/mol. The molecule has 0 radical (unpaired) electrons. The van der Waals surface area contributed by atoms with Gasteiger partial charge in [-0.15, -0.1) is 0 Å². The number of methoxy groups -OCH3 is 2.